The number of likely N-dealkylation sites (tertiary alicyclic amines) is 1. The lowest BCUT2D eigenvalue weighted by Crippen LogP contribution is -2.62. The molecule has 10 heteroatoms. The standard InChI is InChI=1S/C27H45N5O5/c1-25(2,3)20(30-24(37)31-26(4,5)6)23(36)32-13-15-17(27(15,7)8)18(32)22(35)29-16(19(33)21(28)34)12-14-10-9-11-14/h14-18,20H,9-13H2,1-8H3,(H2,28,34)(H,29,35)(H2,30,31,37). The number of Topliss-reactive ketones (excluding diaryl/α,β-unsaturated/α-hetero) is 1. The molecule has 10 nitrogen and oxygen atoms in total. The molecule has 37 heavy (non-hydrogen) atoms. The maximum atomic E-state index is 13.9. The van der Waals surface area contributed by atoms with E-state index in [1.165, 1.54) is 0 Å². The lowest BCUT2D eigenvalue weighted by Gasteiger charge is -2.38. The van der Waals surface area contributed by atoms with Gasteiger partial charge in [0.1, 0.15) is 12.1 Å². The highest BCUT2D eigenvalue weighted by Gasteiger charge is 2.70. The van der Waals surface area contributed by atoms with Gasteiger partial charge in [0, 0.05) is 12.1 Å². The molecule has 0 radical (unpaired) electrons. The number of nitrogens with one attached hydrogen (secondary N) is 3. The van der Waals surface area contributed by atoms with Crippen molar-refractivity contribution in [3.05, 3.63) is 0 Å². The summed E-state index contributed by atoms with van der Waals surface area (Å²) in [6, 6.07) is -3.13. The van der Waals surface area contributed by atoms with Crippen LogP contribution in [0.3, 0.4) is 0 Å². The van der Waals surface area contributed by atoms with Crippen LogP contribution in [0.5, 0.6) is 0 Å². The third-order valence-corrected chi connectivity index (χ3v) is 8.31. The van der Waals surface area contributed by atoms with Gasteiger partial charge in [0.25, 0.3) is 5.91 Å². The van der Waals surface area contributed by atoms with Crippen LogP contribution in [-0.4, -0.2) is 64.6 Å². The lowest BCUT2D eigenvalue weighted by molar-refractivity contribution is -0.145. The second-order valence-electron chi connectivity index (χ2n) is 13.9. The first-order valence-corrected chi connectivity index (χ1v) is 13.4. The molecule has 1 heterocycles. The molecule has 0 aromatic heterocycles. The Hall–Kier alpha value is -2.65. The first kappa shape index (κ1) is 28.9. The number of hydrogen-bond acceptors (Lipinski definition) is 5. The fourth-order valence-corrected chi connectivity index (χ4v) is 5.86. The van der Waals surface area contributed by atoms with E-state index in [1.54, 1.807) is 4.90 Å². The minimum absolute atomic E-state index is 0.0755. The number of ketones is 1. The summed E-state index contributed by atoms with van der Waals surface area (Å²) in [4.78, 5) is 66.1. The van der Waals surface area contributed by atoms with E-state index in [-0.39, 0.29) is 29.1 Å². The second-order valence-corrected chi connectivity index (χ2v) is 13.9. The Morgan fingerprint density at radius 1 is 1.00 bits per heavy atom. The van der Waals surface area contributed by atoms with E-state index in [0.717, 1.165) is 19.3 Å². The molecule has 5 N–H and O–H groups in total. The van der Waals surface area contributed by atoms with Crippen molar-refractivity contribution < 1.29 is 24.0 Å². The zero-order valence-corrected chi connectivity index (χ0v) is 23.6. The third kappa shape index (κ3) is 6.26. The van der Waals surface area contributed by atoms with E-state index < -0.39 is 52.7 Å². The van der Waals surface area contributed by atoms with Crippen molar-refractivity contribution in [1.82, 2.24) is 20.9 Å². The van der Waals surface area contributed by atoms with Gasteiger partial charge in [-0.25, -0.2) is 4.79 Å². The molecular weight excluding hydrogens is 474 g/mol. The van der Waals surface area contributed by atoms with Crippen LogP contribution in [0, 0.1) is 28.6 Å². The molecule has 3 fully saturated rings. The summed E-state index contributed by atoms with van der Waals surface area (Å²) in [7, 11) is 0. The number of primary amides is 1. The molecule has 0 aromatic carbocycles. The van der Waals surface area contributed by atoms with Gasteiger partial charge in [0.2, 0.25) is 17.6 Å². The number of rotatable bonds is 8. The Morgan fingerprint density at radius 2 is 1.59 bits per heavy atom. The molecule has 3 rings (SSSR count). The summed E-state index contributed by atoms with van der Waals surface area (Å²) in [6.45, 7) is 15.7. The van der Waals surface area contributed by atoms with Crippen LogP contribution >= 0.6 is 0 Å². The number of piperidine rings is 1. The largest absolute Gasteiger partial charge is 0.363 e. The van der Waals surface area contributed by atoms with Crippen LogP contribution in [-0.2, 0) is 19.2 Å². The van der Waals surface area contributed by atoms with Gasteiger partial charge in [-0.05, 0) is 55.8 Å². The number of amides is 5. The fraction of sp³-hybridized carbons (Fsp3) is 0.815. The Labute approximate surface area is 220 Å². The molecular formula is C27H45N5O5. The van der Waals surface area contributed by atoms with Gasteiger partial charge < -0.3 is 26.6 Å². The van der Waals surface area contributed by atoms with Gasteiger partial charge >= 0.3 is 6.03 Å². The zero-order valence-electron chi connectivity index (χ0n) is 23.6. The van der Waals surface area contributed by atoms with E-state index in [4.69, 9.17) is 5.73 Å². The summed E-state index contributed by atoms with van der Waals surface area (Å²) in [6.07, 6.45) is 3.31. The lowest BCUT2D eigenvalue weighted by atomic mass is 9.80. The first-order chi connectivity index (χ1) is 16.8. The van der Waals surface area contributed by atoms with Gasteiger partial charge in [-0.3, -0.25) is 19.2 Å². The molecule has 5 amide bonds. The average molecular weight is 520 g/mol. The van der Waals surface area contributed by atoms with Crippen molar-refractivity contribution >= 4 is 29.5 Å². The maximum Gasteiger partial charge on any atom is 0.315 e. The minimum atomic E-state index is -1.07. The van der Waals surface area contributed by atoms with Crippen molar-refractivity contribution in [1.29, 1.82) is 0 Å². The predicted molar refractivity (Wildman–Crippen MR) is 139 cm³/mol. The van der Waals surface area contributed by atoms with Gasteiger partial charge in [-0.2, -0.15) is 0 Å². The number of fused-ring (bicyclic) bond motifs is 1. The molecule has 1 aliphatic heterocycles. The van der Waals surface area contributed by atoms with Crippen LogP contribution < -0.4 is 21.7 Å². The van der Waals surface area contributed by atoms with Crippen molar-refractivity contribution in [2.75, 3.05) is 6.54 Å². The molecule has 208 valence electrons. The molecule has 0 spiro atoms. The highest BCUT2D eigenvalue weighted by molar-refractivity contribution is 6.37. The highest BCUT2D eigenvalue weighted by atomic mass is 16.2. The number of carbonyl (C=O) groups is 5. The van der Waals surface area contributed by atoms with Crippen molar-refractivity contribution in [3.63, 3.8) is 0 Å². The predicted octanol–water partition coefficient (Wildman–Crippen LogP) is 1.71. The van der Waals surface area contributed by atoms with E-state index in [0.29, 0.717) is 13.0 Å². The Morgan fingerprint density at radius 3 is 2.05 bits per heavy atom. The van der Waals surface area contributed by atoms with E-state index >= 15 is 0 Å². The number of nitrogens with two attached hydrogens (primary N) is 1. The maximum absolute atomic E-state index is 13.9. The summed E-state index contributed by atoms with van der Waals surface area (Å²) < 4.78 is 0. The topological polar surface area (TPSA) is 151 Å². The molecule has 2 saturated carbocycles. The first-order valence-electron chi connectivity index (χ1n) is 13.4. The highest BCUT2D eigenvalue weighted by Crippen LogP contribution is 2.65. The number of urea groups is 1. The SMILES string of the molecule is CC(C)(C)NC(=O)NC(C(=O)N1CC2C(C1C(=O)NC(CC1CCC1)C(=O)C(N)=O)C2(C)C)C(C)(C)C. The molecule has 0 aromatic rings. The normalized spacial score (nSPS) is 26.3. The molecule has 3 aliphatic rings. The molecule has 5 atom stereocenters. The molecule has 1 saturated heterocycles. The van der Waals surface area contributed by atoms with Crippen molar-refractivity contribution in [2.24, 2.45) is 34.3 Å². The van der Waals surface area contributed by atoms with Gasteiger partial charge in [-0.15, -0.1) is 0 Å². The zero-order chi connectivity index (χ0) is 28.1. The summed E-state index contributed by atoms with van der Waals surface area (Å²) in [5.41, 5.74) is 4.04. The monoisotopic (exact) mass is 519 g/mol. The Kier molecular flexibility index (Phi) is 7.74. The van der Waals surface area contributed by atoms with Crippen LogP contribution in [0.1, 0.15) is 81.1 Å². The van der Waals surface area contributed by atoms with Crippen LogP contribution in [0.4, 0.5) is 4.79 Å². The smallest absolute Gasteiger partial charge is 0.315 e. The molecule has 5 unspecified atom stereocenters. The summed E-state index contributed by atoms with van der Waals surface area (Å²) in [5, 5.41) is 8.44. The fourth-order valence-electron chi connectivity index (χ4n) is 5.86. The quantitative estimate of drug-likeness (QED) is 0.360. The molecule has 0 bridgehead atoms. The average Bonchev–Trinajstić information content (AvgIpc) is 3.06. The van der Waals surface area contributed by atoms with Gasteiger partial charge in [0.15, 0.2) is 0 Å². The van der Waals surface area contributed by atoms with E-state index in [1.807, 2.05) is 41.5 Å². The number of carbonyl (C=O) groups excluding carboxylic acids is 5. The van der Waals surface area contributed by atoms with E-state index in [9.17, 15) is 24.0 Å². The molecule has 2 aliphatic carbocycles. The van der Waals surface area contributed by atoms with Gasteiger partial charge in [0.05, 0.1) is 6.04 Å². The Bertz CT molecular complexity index is 959. The van der Waals surface area contributed by atoms with Crippen LogP contribution in [0.25, 0.3) is 0 Å². The van der Waals surface area contributed by atoms with Crippen molar-refractivity contribution in [2.45, 2.75) is 105 Å². The van der Waals surface area contributed by atoms with Crippen LogP contribution in [0.15, 0.2) is 0 Å². The second kappa shape index (κ2) is 9.91. The van der Waals surface area contributed by atoms with Crippen LogP contribution in [0.2, 0.25) is 0 Å². The number of hydrogen-bond donors (Lipinski definition) is 4. The third-order valence-electron chi connectivity index (χ3n) is 8.31. The number of nitrogens with zero attached hydrogens (tertiary/aromatic N) is 1. The summed E-state index contributed by atoms with van der Waals surface area (Å²) in [5.74, 6) is -2.35. The van der Waals surface area contributed by atoms with Gasteiger partial charge in [-0.1, -0.05) is 53.9 Å². The Balaban J connectivity index is 1.83. The summed E-state index contributed by atoms with van der Waals surface area (Å²) >= 11 is 0. The minimum Gasteiger partial charge on any atom is -0.363 e. The van der Waals surface area contributed by atoms with E-state index in [2.05, 4.69) is 29.8 Å². The van der Waals surface area contributed by atoms with Crippen molar-refractivity contribution in [3.8, 4) is 0 Å².